The van der Waals surface area contributed by atoms with Gasteiger partial charge in [-0.1, -0.05) is 24.3 Å². The summed E-state index contributed by atoms with van der Waals surface area (Å²) in [6.07, 6.45) is 5.03. The molecule has 7 heteroatoms. The van der Waals surface area contributed by atoms with Crippen LogP contribution in [-0.2, 0) is 4.79 Å². The van der Waals surface area contributed by atoms with Crippen LogP contribution in [0.4, 0.5) is 11.4 Å². The van der Waals surface area contributed by atoms with Crippen LogP contribution in [0.2, 0.25) is 0 Å². The van der Waals surface area contributed by atoms with Gasteiger partial charge in [0, 0.05) is 33.5 Å². The molecule has 136 valence electrons. The Morgan fingerprint density at radius 2 is 1.89 bits per heavy atom. The van der Waals surface area contributed by atoms with Crippen LogP contribution >= 0.6 is 11.8 Å². The van der Waals surface area contributed by atoms with Crippen molar-refractivity contribution in [3.05, 3.63) is 60.4 Å². The number of carboxylic acids is 1. The zero-order chi connectivity index (χ0) is 19.1. The molecule has 0 saturated heterocycles. The fourth-order valence-electron chi connectivity index (χ4n) is 2.81. The third-order valence-corrected chi connectivity index (χ3v) is 5.29. The van der Waals surface area contributed by atoms with E-state index < -0.39 is 5.97 Å². The summed E-state index contributed by atoms with van der Waals surface area (Å²) in [5, 5.41) is 25.1. The number of carbonyl (C=O) groups excluding carboxylic acids is 1. The number of fused-ring (bicyclic) bond motifs is 1. The predicted octanol–water partition coefficient (Wildman–Crippen LogP) is 0.866. The molecule has 0 saturated carbocycles. The van der Waals surface area contributed by atoms with Crippen molar-refractivity contribution < 1.29 is 39.5 Å². The number of nitrogens with zero attached hydrogens (tertiary/aromatic N) is 2. The van der Waals surface area contributed by atoms with E-state index in [9.17, 15) is 15.2 Å². The van der Waals surface area contributed by atoms with Crippen LogP contribution in [0.1, 0.15) is 24.8 Å². The van der Waals surface area contributed by atoms with Crippen molar-refractivity contribution in [2.45, 2.75) is 24.2 Å². The number of pyridine rings is 1. The minimum atomic E-state index is -1.00. The molecule has 0 aliphatic heterocycles. The summed E-state index contributed by atoms with van der Waals surface area (Å²) >= 11 is 1.66. The van der Waals surface area contributed by atoms with Gasteiger partial charge < -0.3 is 15.2 Å². The fourth-order valence-corrected chi connectivity index (χ4v) is 3.79. The van der Waals surface area contributed by atoms with Gasteiger partial charge in [0.1, 0.15) is 0 Å². The second-order valence-corrected chi connectivity index (χ2v) is 7.13. The quantitative estimate of drug-likeness (QED) is 0.343. The van der Waals surface area contributed by atoms with E-state index in [1.807, 2.05) is 42.5 Å². The first-order valence-corrected chi connectivity index (χ1v) is 9.63. The Hall–Kier alpha value is -2.04. The number of carbonyl (C=O) groups is 1. The maximum absolute atomic E-state index is 10.5. The minimum Gasteiger partial charge on any atom is -0.550 e. The zero-order valence-electron chi connectivity index (χ0n) is 15.6. The molecule has 0 unspecified atom stereocenters. The molecular weight excluding hydrogens is 381 g/mol. The van der Waals surface area contributed by atoms with Crippen molar-refractivity contribution >= 4 is 39.9 Å². The molecule has 0 aliphatic carbocycles. The van der Waals surface area contributed by atoms with Crippen molar-refractivity contribution in [3.63, 3.8) is 0 Å². The standard InChI is InChI=1S/C21H19N3O2S.Na/c22-13-15-8-9-18(17-6-2-1-5-16(15)17)24-19-14-23-11-10-20(19)27-12-4-3-7-21(25)26;/h1-2,5-6,8-11,14,24H,3-4,7,12H2,(H,25,26);/q;+1/p-1. The molecule has 3 aromatic rings. The second-order valence-electron chi connectivity index (χ2n) is 5.99. The van der Waals surface area contributed by atoms with Gasteiger partial charge in [-0.25, -0.2) is 0 Å². The van der Waals surface area contributed by atoms with Crippen LogP contribution in [0.3, 0.4) is 0 Å². The number of rotatable bonds is 8. The average Bonchev–Trinajstić information content (AvgIpc) is 2.69. The maximum Gasteiger partial charge on any atom is 1.00 e. The Kier molecular flexibility index (Phi) is 8.81. The third-order valence-electron chi connectivity index (χ3n) is 4.13. The summed E-state index contributed by atoms with van der Waals surface area (Å²) in [4.78, 5) is 15.7. The van der Waals surface area contributed by atoms with Crippen LogP contribution in [-0.4, -0.2) is 16.7 Å². The van der Waals surface area contributed by atoms with E-state index in [4.69, 9.17) is 0 Å². The number of unbranched alkanes of at least 4 members (excludes halogenated alkanes) is 1. The Balaban J connectivity index is 0.00000280. The molecule has 5 nitrogen and oxygen atoms in total. The monoisotopic (exact) mass is 399 g/mol. The van der Waals surface area contributed by atoms with Crippen LogP contribution in [0.15, 0.2) is 59.8 Å². The number of carboxylic acid groups (broad SMARTS) is 1. The van der Waals surface area contributed by atoms with Crippen LogP contribution < -0.4 is 40.0 Å². The number of aromatic nitrogens is 1. The number of benzene rings is 2. The van der Waals surface area contributed by atoms with Crippen molar-refractivity contribution in [1.29, 1.82) is 5.26 Å². The van der Waals surface area contributed by atoms with Gasteiger partial charge in [-0.2, -0.15) is 5.26 Å². The van der Waals surface area contributed by atoms with Gasteiger partial charge in [0.15, 0.2) is 0 Å². The molecule has 1 aromatic heterocycles. The smallest absolute Gasteiger partial charge is 0.550 e. The number of nitrogens with one attached hydrogen (secondary N) is 1. The molecule has 3 rings (SSSR count). The molecule has 0 atom stereocenters. The van der Waals surface area contributed by atoms with Crippen LogP contribution in [0.25, 0.3) is 10.8 Å². The summed E-state index contributed by atoms with van der Waals surface area (Å²) in [5.74, 6) is -0.181. The molecule has 0 amide bonds. The average molecular weight is 399 g/mol. The summed E-state index contributed by atoms with van der Waals surface area (Å²) in [6, 6.07) is 15.7. The molecule has 0 spiro atoms. The SMILES string of the molecule is N#Cc1ccc(Nc2cnccc2SCCCCC(=O)[O-])c2ccccc12.[Na+]. The van der Waals surface area contributed by atoms with Crippen LogP contribution in [0.5, 0.6) is 0 Å². The summed E-state index contributed by atoms with van der Waals surface area (Å²) in [6.45, 7) is 0. The van der Waals surface area contributed by atoms with Crippen molar-refractivity contribution in [1.82, 2.24) is 4.98 Å². The molecule has 0 aliphatic rings. The van der Waals surface area contributed by atoms with Crippen molar-refractivity contribution in [2.75, 3.05) is 11.1 Å². The second kappa shape index (κ2) is 11.1. The van der Waals surface area contributed by atoms with Gasteiger partial charge in [-0.3, -0.25) is 4.98 Å². The first kappa shape index (κ1) is 22.3. The predicted molar refractivity (Wildman–Crippen MR) is 106 cm³/mol. The van der Waals surface area contributed by atoms with E-state index >= 15 is 0 Å². The first-order chi connectivity index (χ1) is 13.2. The van der Waals surface area contributed by atoms with Gasteiger partial charge in [-0.05, 0) is 43.2 Å². The maximum atomic E-state index is 10.5. The molecule has 1 N–H and O–H groups in total. The van der Waals surface area contributed by atoms with E-state index in [-0.39, 0.29) is 36.0 Å². The largest absolute Gasteiger partial charge is 1.00 e. The van der Waals surface area contributed by atoms with E-state index in [0.29, 0.717) is 12.0 Å². The fraction of sp³-hybridized carbons (Fsp3) is 0.190. The van der Waals surface area contributed by atoms with Crippen LogP contribution in [0, 0.1) is 11.3 Å². The normalized spacial score (nSPS) is 10.1. The first-order valence-electron chi connectivity index (χ1n) is 8.64. The van der Waals surface area contributed by atoms with Gasteiger partial charge in [0.05, 0.1) is 23.5 Å². The summed E-state index contributed by atoms with van der Waals surface area (Å²) < 4.78 is 0. The topological polar surface area (TPSA) is 88.8 Å². The van der Waals surface area contributed by atoms with E-state index in [0.717, 1.165) is 39.2 Å². The zero-order valence-corrected chi connectivity index (χ0v) is 18.5. The van der Waals surface area contributed by atoms with Gasteiger partial charge >= 0.3 is 29.6 Å². The molecule has 2 aromatic carbocycles. The Morgan fingerprint density at radius 3 is 2.64 bits per heavy atom. The van der Waals surface area contributed by atoms with Gasteiger partial charge in [0.2, 0.25) is 0 Å². The van der Waals surface area contributed by atoms with Crippen molar-refractivity contribution in [3.8, 4) is 6.07 Å². The summed E-state index contributed by atoms with van der Waals surface area (Å²) in [5.41, 5.74) is 2.44. The van der Waals surface area contributed by atoms with E-state index in [2.05, 4.69) is 16.4 Å². The number of hydrogen-bond acceptors (Lipinski definition) is 6. The Bertz CT molecular complexity index is 1000. The Labute approximate surface area is 190 Å². The number of anilines is 2. The molecule has 28 heavy (non-hydrogen) atoms. The number of aliphatic carboxylic acids is 1. The summed E-state index contributed by atoms with van der Waals surface area (Å²) in [7, 11) is 0. The van der Waals surface area contributed by atoms with Gasteiger partial charge in [-0.15, -0.1) is 11.8 Å². The third kappa shape index (κ3) is 5.73. The van der Waals surface area contributed by atoms with Crippen molar-refractivity contribution in [2.24, 2.45) is 0 Å². The van der Waals surface area contributed by atoms with E-state index in [1.165, 1.54) is 0 Å². The van der Waals surface area contributed by atoms with E-state index in [1.54, 1.807) is 24.2 Å². The van der Waals surface area contributed by atoms with Gasteiger partial charge in [0.25, 0.3) is 0 Å². The molecule has 0 radical (unpaired) electrons. The molecule has 0 bridgehead atoms. The molecule has 1 heterocycles. The number of nitriles is 1. The molecule has 0 fully saturated rings. The minimum absolute atomic E-state index is 0. The number of hydrogen-bond donors (Lipinski definition) is 1. The molecular formula is C21H18N3NaO2S. The number of thioether (sulfide) groups is 1. The Morgan fingerprint density at radius 1 is 1.11 bits per heavy atom.